The number of amides is 1. The van der Waals surface area contributed by atoms with E-state index in [2.05, 4.69) is 39.9 Å². The van der Waals surface area contributed by atoms with Crippen LogP contribution in [0, 0.1) is 6.92 Å². The van der Waals surface area contributed by atoms with Crippen LogP contribution in [-0.2, 0) is 11.8 Å². The molecule has 0 saturated carbocycles. The van der Waals surface area contributed by atoms with E-state index in [1.54, 1.807) is 23.1 Å². The quantitative estimate of drug-likeness (QED) is 0.502. The fourth-order valence-corrected chi connectivity index (χ4v) is 4.45. The Morgan fingerprint density at radius 3 is 2.71 bits per heavy atom. The lowest BCUT2D eigenvalue weighted by Gasteiger charge is -2.11. The Morgan fingerprint density at radius 1 is 1.21 bits per heavy atom. The fraction of sp³-hybridized carbons (Fsp3) is 0.211. The first-order valence-corrected chi connectivity index (χ1v) is 10.4. The minimum Gasteiger partial charge on any atom is -0.325 e. The molecule has 0 bridgehead atoms. The molecule has 0 spiro atoms. The normalized spacial score (nSPS) is 12.2. The van der Waals surface area contributed by atoms with Gasteiger partial charge in [0.25, 0.3) is 0 Å². The third-order valence-corrected chi connectivity index (χ3v) is 6.37. The van der Waals surface area contributed by atoms with E-state index in [-0.39, 0.29) is 11.2 Å². The first kappa shape index (κ1) is 18.6. The van der Waals surface area contributed by atoms with Crippen molar-refractivity contribution in [2.75, 3.05) is 5.32 Å². The van der Waals surface area contributed by atoms with Crippen LogP contribution < -0.4 is 5.32 Å². The zero-order valence-corrected chi connectivity index (χ0v) is 17.2. The predicted molar refractivity (Wildman–Crippen MR) is 113 cm³/mol. The number of carbonyl (C=O) groups is 1. The number of fused-ring (bicyclic) bond motifs is 1. The summed E-state index contributed by atoms with van der Waals surface area (Å²) < 4.78 is 2.72. The third kappa shape index (κ3) is 3.90. The summed E-state index contributed by atoms with van der Waals surface area (Å²) in [6.45, 7) is 3.91. The Hall–Kier alpha value is -2.78. The number of carbonyl (C=O) groups excluding carboxylic acids is 1. The number of hydrogen-bond donors (Lipinski definition) is 1. The molecule has 4 rings (SSSR count). The van der Waals surface area contributed by atoms with Gasteiger partial charge in [0.15, 0.2) is 0 Å². The average Bonchev–Trinajstić information content (AvgIpc) is 3.28. The Bertz CT molecular complexity index is 1140. The van der Waals surface area contributed by atoms with Crippen LogP contribution >= 0.6 is 23.1 Å². The average molecular weight is 411 g/mol. The van der Waals surface area contributed by atoms with Gasteiger partial charge in [0.2, 0.25) is 11.1 Å². The number of tetrazole rings is 1. The number of benzene rings is 2. The summed E-state index contributed by atoms with van der Waals surface area (Å²) in [6, 6.07) is 14.0. The van der Waals surface area contributed by atoms with Gasteiger partial charge in [-0.05, 0) is 66.2 Å². The Balaban J connectivity index is 1.45. The van der Waals surface area contributed by atoms with Crippen molar-refractivity contribution >= 4 is 44.9 Å². The topological polar surface area (TPSA) is 85.6 Å². The molecule has 1 amide bonds. The lowest BCUT2D eigenvalue weighted by atomic mass is 10.2. The highest BCUT2D eigenvalue weighted by molar-refractivity contribution is 8.00. The van der Waals surface area contributed by atoms with Crippen molar-refractivity contribution in [1.82, 2.24) is 25.2 Å². The zero-order chi connectivity index (χ0) is 19.7. The number of anilines is 1. The summed E-state index contributed by atoms with van der Waals surface area (Å²) in [6.07, 6.45) is 0. The lowest BCUT2D eigenvalue weighted by molar-refractivity contribution is -0.115. The number of nitrogens with zero attached hydrogens (tertiary/aromatic N) is 5. The molecule has 0 radical (unpaired) electrons. The molecule has 0 aliphatic carbocycles. The fourth-order valence-electron chi connectivity index (χ4n) is 2.63. The monoisotopic (exact) mass is 410 g/mol. The molecule has 4 aromatic rings. The number of thioether (sulfide) groups is 1. The zero-order valence-electron chi connectivity index (χ0n) is 15.6. The summed E-state index contributed by atoms with van der Waals surface area (Å²) >= 11 is 2.98. The molecule has 0 aliphatic heterocycles. The van der Waals surface area contributed by atoms with Crippen molar-refractivity contribution in [3.05, 3.63) is 48.0 Å². The van der Waals surface area contributed by atoms with Gasteiger partial charge in [0, 0.05) is 18.3 Å². The van der Waals surface area contributed by atoms with Gasteiger partial charge in [-0.25, -0.2) is 9.67 Å². The summed E-state index contributed by atoms with van der Waals surface area (Å²) in [7, 11) is 1.75. The van der Waals surface area contributed by atoms with Gasteiger partial charge >= 0.3 is 0 Å². The van der Waals surface area contributed by atoms with Gasteiger partial charge in [0.05, 0.1) is 15.5 Å². The van der Waals surface area contributed by atoms with E-state index in [0.717, 1.165) is 21.8 Å². The second-order valence-corrected chi connectivity index (χ2v) is 8.74. The van der Waals surface area contributed by atoms with E-state index in [0.29, 0.717) is 5.16 Å². The first-order chi connectivity index (χ1) is 13.5. The molecule has 2 aromatic carbocycles. The lowest BCUT2D eigenvalue weighted by Crippen LogP contribution is -2.22. The van der Waals surface area contributed by atoms with Crippen molar-refractivity contribution in [2.24, 2.45) is 7.05 Å². The molecule has 142 valence electrons. The van der Waals surface area contributed by atoms with E-state index in [9.17, 15) is 4.79 Å². The number of nitrogens with one attached hydrogen (secondary N) is 1. The number of aryl methyl sites for hydroxylation is 2. The van der Waals surface area contributed by atoms with Crippen LogP contribution in [0.5, 0.6) is 0 Å². The molecule has 7 nitrogen and oxygen atoms in total. The SMILES string of the molecule is Cc1ccc2nc(-c3ccc(NC(=O)[C@H](C)Sc4nnnn4C)cc3)sc2c1. The second kappa shape index (κ2) is 7.69. The van der Waals surface area contributed by atoms with Crippen molar-refractivity contribution < 1.29 is 4.79 Å². The maximum absolute atomic E-state index is 12.4. The van der Waals surface area contributed by atoms with Crippen LogP contribution in [0.4, 0.5) is 5.69 Å². The summed E-state index contributed by atoms with van der Waals surface area (Å²) in [5.74, 6) is -0.101. The molecular formula is C19H18N6OS2. The molecule has 0 aliphatic rings. The molecule has 2 heterocycles. The Labute approximate surface area is 170 Å². The molecular weight excluding hydrogens is 392 g/mol. The van der Waals surface area contributed by atoms with Gasteiger partial charge in [-0.2, -0.15) is 0 Å². The van der Waals surface area contributed by atoms with E-state index in [1.165, 1.54) is 22.0 Å². The molecule has 2 aromatic heterocycles. The van der Waals surface area contributed by atoms with Gasteiger partial charge in [-0.15, -0.1) is 16.4 Å². The number of hydrogen-bond acceptors (Lipinski definition) is 7. The maximum atomic E-state index is 12.4. The summed E-state index contributed by atoms with van der Waals surface area (Å²) in [4.78, 5) is 17.1. The third-order valence-electron chi connectivity index (χ3n) is 4.18. The van der Waals surface area contributed by atoms with E-state index in [4.69, 9.17) is 4.98 Å². The molecule has 1 N–H and O–H groups in total. The number of rotatable bonds is 5. The molecule has 0 unspecified atom stereocenters. The molecule has 0 fully saturated rings. The minimum absolute atomic E-state index is 0.101. The first-order valence-electron chi connectivity index (χ1n) is 8.67. The second-order valence-electron chi connectivity index (χ2n) is 6.40. The number of thiazole rings is 1. The molecule has 28 heavy (non-hydrogen) atoms. The van der Waals surface area contributed by atoms with Crippen LogP contribution in [0.1, 0.15) is 12.5 Å². The van der Waals surface area contributed by atoms with E-state index in [1.807, 2.05) is 37.3 Å². The van der Waals surface area contributed by atoms with Crippen LogP contribution in [0.3, 0.4) is 0 Å². The molecule has 0 saturated heterocycles. The highest BCUT2D eigenvalue weighted by atomic mass is 32.2. The molecule has 9 heteroatoms. The standard InChI is InChI=1S/C19H18N6OS2/c1-11-4-9-15-16(10-11)28-18(21-15)13-5-7-14(8-6-13)20-17(26)12(2)27-19-22-23-24-25(19)3/h4-10,12H,1-3H3,(H,20,26)/t12-/m0/s1. The minimum atomic E-state index is -0.322. The van der Waals surface area contributed by atoms with Gasteiger partial charge in [-0.1, -0.05) is 17.8 Å². The smallest absolute Gasteiger partial charge is 0.237 e. The highest BCUT2D eigenvalue weighted by Gasteiger charge is 2.18. The Morgan fingerprint density at radius 2 is 2.00 bits per heavy atom. The molecule has 1 atom stereocenters. The van der Waals surface area contributed by atoms with Crippen LogP contribution in [0.2, 0.25) is 0 Å². The van der Waals surface area contributed by atoms with Gasteiger partial charge in [-0.3, -0.25) is 4.79 Å². The summed E-state index contributed by atoms with van der Waals surface area (Å²) in [5.41, 5.74) is 4.01. The largest absolute Gasteiger partial charge is 0.325 e. The maximum Gasteiger partial charge on any atom is 0.237 e. The summed E-state index contributed by atoms with van der Waals surface area (Å²) in [5, 5.41) is 15.4. The van der Waals surface area contributed by atoms with Crippen LogP contribution in [0.25, 0.3) is 20.8 Å². The Kier molecular flexibility index (Phi) is 5.10. The highest BCUT2D eigenvalue weighted by Crippen LogP contribution is 2.31. The van der Waals surface area contributed by atoms with Crippen molar-refractivity contribution in [1.29, 1.82) is 0 Å². The van der Waals surface area contributed by atoms with E-state index >= 15 is 0 Å². The van der Waals surface area contributed by atoms with Gasteiger partial charge < -0.3 is 5.32 Å². The van der Waals surface area contributed by atoms with Crippen LogP contribution in [0.15, 0.2) is 47.6 Å². The van der Waals surface area contributed by atoms with E-state index < -0.39 is 0 Å². The number of aromatic nitrogens is 5. The van der Waals surface area contributed by atoms with Crippen molar-refractivity contribution in [3.8, 4) is 10.6 Å². The van der Waals surface area contributed by atoms with Crippen molar-refractivity contribution in [3.63, 3.8) is 0 Å². The predicted octanol–water partition coefficient (Wildman–Crippen LogP) is 3.91. The van der Waals surface area contributed by atoms with Crippen molar-refractivity contribution in [2.45, 2.75) is 24.3 Å². The van der Waals surface area contributed by atoms with Crippen LogP contribution in [-0.4, -0.2) is 36.3 Å². The van der Waals surface area contributed by atoms with Gasteiger partial charge in [0.1, 0.15) is 5.01 Å².